The van der Waals surface area contributed by atoms with Gasteiger partial charge in [-0.3, -0.25) is 0 Å². The van der Waals surface area contributed by atoms with Gasteiger partial charge in [0, 0.05) is 47.8 Å². The van der Waals surface area contributed by atoms with Crippen molar-refractivity contribution in [1.82, 2.24) is 10.4 Å². The molecule has 0 amide bonds. The Hall–Kier alpha value is -1.23. The highest BCUT2D eigenvalue weighted by Gasteiger charge is 2.46. The molecule has 2 saturated heterocycles. The molecule has 0 aliphatic carbocycles. The first-order valence-corrected chi connectivity index (χ1v) is 11.8. The van der Waals surface area contributed by atoms with Crippen LogP contribution < -0.4 is 5.32 Å². The van der Waals surface area contributed by atoms with Crippen molar-refractivity contribution in [3.05, 3.63) is 35.4 Å². The van der Waals surface area contributed by atoms with Gasteiger partial charge in [0.05, 0.1) is 11.1 Å². The summed E-state index contributed by atoms with van der Waals surface area (Å²) in [5.41, 5.74) is -0.434. The highest BCUT2D eigenvalue weighted by atomic mass is 127. The van der Waals surface area contributed by atoms with Crippen LogP contribution in [0.4, 0.5) is 0 Å². The van der Waals surface area contributed by atoms with E-state index in [9.17, 15) is 14.8 Å². The molecule has 0 radical (unpaired) electrons. The standard InChI is InChI=1S/C26H40N2O5.HI/c1-23(2)13-19(14-24(3,4)27-23)32-21(29)17-9-11-18(12-10-17)22(30)33-20-15-25(5,6)28(31)26(7,8)16-20;/h9-12,19-20,27,31H,13-16H2,1-8H3;1H. The first-order chi connectivity index (χ1) is 15.0. The minimum Gasteiger partial charge on any atom is -0.459 e. The second kappa shape index (κ2) is 10.0. The van der Waals surface area contributed by atoms with Gasteiger partial charge in [-0.05, 0) is 79.7 Å². The summed E-state index contributed by atoms with van der Waals surface area (Å²) >= 11 is 0. The van der Waals surface area contributed by atoms with E-state index < -0.39 is 17.0 Å². The number of halogens is 1. The summed E-state index contributed by atoms with van der Waals surface area (Å²) in [6, 6.07) is 6.43. The number of nitrogens with zero attached hydrogens (tertiary/aromatic N) is 1. The van der Waals surface area contributed by atoms with Gasteiger partial charge >= 0.3 is 11.9 Å². The molecule has 8 heteroatoms. The van der Waals surface area contributed by atoms with E-state index in [-0.39, 0.29) is 53.2 Å². The van der Waals surface area contributed by atoms with Crippen LogP contribution in [-0.4, -0.2) is 56.6 Å². The zero-order valence-electron chi connectivity index (χ0n) is 21.7. The SMILES string of the molecule is CC1(C)CC(OC(=O)c2ccc(C(=O)OC3CC(C)(C)N(O)C(C)(C)C3)cc2)CC(C)(C)N1.I. The maximum Gasteiger partial charge on any atom is 0.338 e. The van der Waals surface area contributed by atoms with Crippen molar-refractivity contribution in [2.45, 2.75) is 115 Å². The Bertz CT molecular complexity index is 861. The van der Waals surface area contributed by atoms with Crippen molar-refractivity contribution in [3.63, 3.8) is 0 Å². The Kier molecular flexibility index (Phi) is 8.55. The van der Waals surface area contributed by atoms with E-state index in [1.807, 2.05) is 27.7 Å². The number of carbonyl (C=O) groups is 2. The monoisotopic (exact) mass is 588 g/mol. The number of benzene rings is 1. The molecule has 2 N–H and O–H groups in total. The molecule has 0 spiro atoms. The highest BCUT2D eigenvalue weighted by Crippen LogP contribution is 2.38. The van der Waals surface area contributed by atoms with Crippen molar-refractivity contribution in [3.8, 4) is 0 Å². The Balaban J connectivity index is 0.00000408. The predicted octanol–water partition coefficient (Wildman–Crippen LogP) is 5.34. The van der Waals surface area contributed by atoms with Gasteiger partial charge in [-0.15, -0.1) is 24.0 Å². The molecule has 2 aliphatic rings. The molecule has 2 fully saturated rings. The summed E-state index contributed by atoms with van der Waals surface area (Å²) in [6.07, 6.45) is 2.08. The molecule has 192 valence electrons. The zero-order chi connectivity index (χ0) is 24.8. The quantitative estimate of drug-likeness (QED) is 0.363. The maximum atomic E-state index is 12.7. The lowest BCUT2D eigenvalue weighted by Crippen LogP contribution is -2.60. The maximum absolute atomic E-state index is 12.7. The van der Waals surface area contributed by atoms with E-state index in [0.29, 0.717) is 24.0 Å². The van der Waals surface area contributed by atoms with Gasteiger partial charge < -0.3 is 20.0 Å². The van der Waals surface area contributed by atoms with Crippen molar-refractivity contribution in [2.75, 3.05) is 0 Å². The zero-order valence-corrected chi connectivity index (χ0v) is 24.1. The Morgan fingerprint density at radius 1 is 0.765 bits per heavy atom. The lowest BCUT2D eigenvalue weighted by molar-refractivity contribution is -0.256. The molecule has 1 aromatic rings. The number of hydroxylamine groups is 2. The minimum absolute atomic E-state index is 0. The van der Waals surface area contributed by atoms with Gasteiger partial charge in [-0.25, -0.2) is 9.59 Å². The van der Waals surface area contributed by atoms with Gasteiger partial charge in [-0.1, -0.05) is 0 Å². The highest BCUT2D eigenvalue weighted by molar-refractivity contribution is 14.0. The van der Waals surface area contributed by atoms with Crippen LogP contribution in [-0.2, 0) is 9.47 Å². The molecule has 7 nitrogen and oxygen atoms in total. The van der Waals surface area contributed by atoms with Gasteiger partial charge in [-0.2, -0.15) is 5.06 Å². The fraction of sp³-hybridized carbons (Fsp3) is 0.692. The number of hydrogen-bond donors (Lipinski definition) is 2. The minimum atomic E-state index is -0.502. The lowest BCUT2D eigenvalue weighted by Gasteiger charge is -2.50. The fourth-order valence-corrected chi connectivity index (χ4v) is 5.76. The van der Waals surface area contributed by atoms with Crippen LogP contribution in [0.5, 0.6) is 0 Å². The molecule has 2 aliphatic heterocycles. The summed E-state index contributed by atoms with van der Waals surface area (Å²) in [4.78, 5) is 25.5. The van der Waals surface area contributed by atoms with Crippen molar-refractivity contribution >= 4 is 35.9 Å². The number of carbonyl (C=O) groups excluding carboxylic acids is 2. The molecule has 34 heavy (non-hydrogen) atoms. The molecule has 2 heterocycles. The van der Waals surface area contributed by atoms with E-state index in [4.69, 9.17) is 9.47 Å². The third kappa shape index (κ3) is 6.92. The van der Waals surface area contributed by atoms with E-state index in [1.165, 1.54) is 5.06 Å². The lowest BCUT2D eigenvalue weighted by atomic mass is 9.80. The summed E-state index contributed by atoms with van der Waals surface area (Å²) in [7, 11) is 0. The summed E-state index contributed by atoms with van der Waals surface area (Å²) < 4.78 is 11.6. The number of hydrogen-bond acceptors (Lipinski definition) is 7. The van der Waals surface area contributed by atoms with Crippen LogP contribution in [0.1, 0.15) is 102 Å². The fourth-order valence-electron chi connectivity index (χ4n) is 5.76. The number of esters is 2. The normalized spacial score (nSPS) is 24.0. The molecular formula is C26H41IN2O5. The van der Waals surface area contributed by atoms with Gasteiger partial charge in [0.25, 0.3) is 0 Å². The summed E-state index contributed by atoms with van der Waals surface area (Å²) in [5.74, 6) is -0.813. The predicted molar refractivity (Wildman–Crippen MR) is 142 cm³/mol. The number of nitrogens with one attached hydrogen (secondary N) is 1. The average Bonchev–Trinajstić information content (AvgIpc) is 2.63. The second-order valence-electron chi connectivity index (χ2n) is 12.3. The second-order valence-corrected chi connectivity index (χ2v) is 12.3. The average molecular weight is 589 g/mol. The molecule has 0 aromatic heterocycles. The van der Waals surface area contributed by atoms with Crippen molar-refractivity contribution < 1.29 is 24.3 Å². The van der Waals surface area contributed by atoms with Gasteiger partial charge in [0.1, 0.15) is 12.2 Å². The Morgan fingerprint density at radius 2 is 1.09 bits per heavy atom. The van der Waals surface area contributed by atoms with E-state index in [0.717, 1.165) is 12.8 Å². The van der Waals surface area contributed by atoms with E-state index in [1.54, 1.807) is 24.3 Å². The summed E-state index contributed by atoms with van der Waals surface area (Å²) in [5, 5.41) is 15.4. The smallest absolute Gasteiger partial charge is 0.338 e. The van der Waals surface area contributed by atoms with Crippen molar-refractivity contribution in [1.29, 1.82) is 0 Å². The van der Waals surface area contributed by atoms with E-state index in [2.05, 4.69) is 33.0 Å². The van der Waals surface area contributed by atoms with Gasteiger partial charge in [0.2, 0.25) is 0 Å². The summed E-state index contributed by atoms with van der Waals surface area (Å²) in [6.45, 7) is 16.2. The molecule has 0 unspecified atom stereocenters. The Morgan fingerprint density at radius 3 is 1.44 bits per heavy atom. The topological polar surface area (TPSA) is 88.1 Å². The third-order valence-corrected chi connectivity index (χ3v) is 6.66. The molecule has 1 aromatic carbocycles. The largest absolute Gasteiger partial charge is 0.459 e. The number of rotatable bonds is 4. The first-order valence-electron chi connectivity index (χ1n) is 11.8. The molecule has 0 bridgehead atoms. The van der Waals surface area contributed by atoms with Crippen LogP contribution in [0.25, 0.3) is 0 Å². The molecule has 3 rings (SSSR count). The van der Waals surface area contributed by atoms with Crippen LogP contribution in [0.2, 0.25) is 0 Å². The molecule has 0 atom stereocenters. The number of ether oxygens (including phenoxy) is 2. The van der Waals surface area contributed by atoms with Crippen LogP contribution in [0, 0.1) is 0 Å². The van der Waals surface area contributed by atoms with Crippen LogP contribution in [0.15, 0.2) is 24.3 Å². The third-order valence-electron chi connectivity index (χ3n) is 6.66. The van der Waals surface area contributed by atoms with Gasteiger partial charge in [0.15, 0.2) is 0 Å². The van der Waals surface area contributed by atoms with Crippen LogP contribution >= 0.6 is 24.0 Å². The number of piperidine rings is 2. The molecule has 0 saturated carbocycles. The van der Waals surface area contributed by atoms with E-state index >= 15 is 0 Å². The van der Waals surface area contributed by atoms with Crippen molar-refractivity contribution in [2.24, 2.45) is 0 Å². The first kappa shape index (κ1) is 29.0. The Labute approximate surface area is 220 Å². The van der Waals surface area contributed by atoms with Crippen LogP contribution in [0.3, 0.4) is 0 Å². The molecular weight excluding hydrogens is 547 g/mol.